The van der Waals surface area contributed by atoms with Crippen molar-refractivity contribution < 1.29 is 9.47 Å². The smallest absolute Gasteiger partial charge is 0.255 e. The van der Waals surface area contributed by atoms with Crippen molar-refractivity contribution in [1.82, 2.24) is 14.9 Å². The largest absolute Gasteiger partial charge is 0.497 e. The molecule has 3 rings (SSSR count). The average molecular weight is 315 g/mol. The fourth-order valence-electron chi connectivity index (χ4n) is 2.96. The van der Waals surface area contributed by atoms with Crippen molar-refractivity contribution in [3.63, 3.8) is 0 Å². The lowest BCUT2D eigenvalue weighted by molar-refractivity contribution is 0.241. The van der Waals surface area contributed by atoms with Crippen LogP contribution in [0.25, 0.3) is 0 Å². The molecule has 0 saturated heterocycles. The molecule has 6 heteroatoms. The maximum atomic E-state index is 12.1. The van der Waals surface area contributed by atoms with Crippen molar-refractivity contribution in [3.8, 4) is 11.5 Å². The minimum atomic E-state index is -0.0274. The van der Waals surface area contributed by atoms with Crippen LogP contribution in [0.2, 0.25) is 0 Å². The van der Waals surface area contributed by atoms with E-state index in [-0.39, 0.29) is 5.56 Å². The van der Waals surface area contributed by atoms with Gasteiger partial charge in [0.1, 0.15) is 17.3 Å². The number of ether oxygens (including phenoxy) is 2. The van der Waals surface area contributed by atoms with Crippen LogP contribution in [-0.4, -0.2) is 35.6 Å². The van der Waals surface area contributed by atoms with E-state index in [0.29, 0.717) is 12.4 Å². The molecule has 1 aliphatic heterocycles. The maximum absolute atomic E-state index is 12.1. The number of fused-ring (bicyclic) bond motifs is 1. The van der Waals surface area contributed by atoms with Crippen molar-refractivity contribution in [3.05, 3.63) is 51.2 Å². The van der Waals surface area contributed by atoms with Gasteiger partial charge in [-0.05, 0) is 24.6 Å². The summed E-state index contributed by atoms with van der Waals surface area (Å²) in [5.74, 6) is 2.22. The third-order valence-electron chi connectivity index (χ3n) is 4.08. The Kier molecular flexibility index (Phi) is 4.34. The van der Waals surface area contributed by atoms with Gasteiger partial charge in [-0.1, -0.05) is 0 Å². The van der Waals surface area contributed by atoms with E-state index in [1.165, 1.54) is 0 Å². The molecular weight excluding hydrogens is 294 g/mol. The molecule has 0 atom stereocenters. The summed E-state index contributed by atoms with van der Waals surface area (Å²) in [7, 11) is 3.28. The predicted molar refractivity (Wildman–Crippen MR) is 87.0 cm³/mol. The first kappa shape index (κ1) is 15.6. The van der Waals surface area contributed by atoms with Crippen LogP contribution >= 0.6 is 0 Å². The second-order valence-corrected chi connectivity index (χ2v) is 5.76. The predicted octanol–water partition coefficient (Wildman–Crippen LogP) is 1.65. The SMILES string of the molecule is COc1cc(CN2CCc3nc(C)[nH]c(=O)c3C2)cc(OC)c1. The summed E-state index contributed by atoms with van der Waals surface area (Å²) in [4.78, 5) is 21.6. The van der Waals surface area contributed by atoms with E-state index in [1.54, 1.807) is 14.2 Å². The van der Waals surface area contributed by atoms with Gasteiger partial charge in [-0.3, -0.25) is 9.69 Å². The molecule has 0 amide bonds. The number of methoxy groups -OCH3 is 2. The van der Waals surface area contributed by atoms with Crippen LogP contribution in [0.3, 0.4) is 0 Å². The van der Waals surface area contributed by atoms with E-state index in [2.05, 4.69) is 14.9 Å². The molecule has 0 fully saturated rings. The van der Waals surface area contributed by atoms with Gasteiger partial charge >= 0.3 is 0 Å². The summed E-state index contributed by atoms with van der Waals surface area (Å²) in [5, 5.41) is 0. The topological polar surface area (TPSA) is 67.5 Å². The number of aryl methyl sites for hydroxylation is 1. The number of hydrogen-bond acceptors (Lipinski definition) is 5. The van der Waals surface area contributed by atoms with E-state index in [9.17, 15) is 4.79 Å². The van der Waals surface area contributed by atoms with E-state index >= 15 is 0 Å². The average Bonchev–Trinajstić information content (AvgIpc) is 2.55. The van der Waals surface area contributed by atoms with E-state index < -0.39 is 0 Å². The van der Waals surface area contributed by atoms with E-state index in [0.717, 1.165) is 47.8 Å². The lowest BCUT2D eigenvalue weighted by atomic mass is 10.1. The number of rotatable bonds is 4. The lowest BCUT2D eigenvalue weighted by Crippen LogP contribution is -2.35. The summed E-state index contributed by atoms with van der Waals surface area (Å²) in [6.45, 7) is 4.04. The summed E-state index contributed by atoms with van der Waals surface area (Å²) in [5.41, 5.74) is 2.77. The van der Waals surface area contributed by atoms with E-state index in [4.69, 9.17) is 9.47 Å². The summed E-state index contributed by atoms with van der Waals surface area (Å²) < 4.78 is 10.6. The molecule has 2 aromatic rings. The van der Waals surface area contributed by atoms with Crippen molar-refractivity contribution in [2.75, 3.05) is 20.8 Å². The normalized spacial score (nSPS) is 14.4. The Balaban J connectivity index is 1.81. The molecule has 122 valence electrons. The van der Waals surface area contributed by atoms with Gasteiger partial charge in [-0.25, -0.2) is 4.98 Å². The number of hydrogen-bond donors (Lipinski definition) is 1. The molecule has 1 aliphatic rings. The minimum Gasteiger partial charge on any atom is -0.497 e. The number of aromatic nitrogens is 2. The third kappa shape index (κ3) is 3.37. The first-order valence-electron chi connectivity index (χ1n) is 7.62. The van der Waals surface area contributed by atoms with Gasteiger partial charge in [0.05, 0.1) is 25.5 Å². The number of nitrogens with zero attached hydrogens (tertiary/aromatic N) is 2. The molecule has 2 heterocycles. The minimum absolute atomic E-state index is 0.0274. The summed E-state index contributed by atoms with van der Waals surface area (Å²) in [6.07, 6.45) is 0.793. The first-order chi connectivity index (χ1) is 11.1. The monoisotopic (exact) mass is 315 g/mol. The molecule has 0 aliphatic carbocycles. The highest BCUT2D eigenvalue weighted by atomic mass is 16.5. The summed E-state index contributed by atoms with van der Waals surface area (Å²) >= 11 is 0. The number of benzene rings is 1. The second-order valence-electron chi connectivity index (χ2n) is 5.76. The zero-order valence-corrected chi connectivity index (χ0v) is 13.7. The van der Waals surface area contributed by atoms with Gasteiger partial charge in [-0.15, -0.1) is 0 Å². The number of aromatic amines is 1. The Morgan fingerprint density at radius 2 is 1.91 bits per heavy atom. The molecule has 0 radical (unpaired) electrons. The molecule has 0 unspecified atom stereocenters. The Morgan fingerprint density at radius 1 is 1.22 bits per heavy atom. The number of H-pyrrole nitrogens is 1. The molecule has 0 saturated carbocycles. The van der Waals surface area contributed by atoms with Crippen LogP contribution in [0.15, 0.2) is 23.0 Å². The molecule has 0 bridgehead atoms. The molecule has 6 nitrogen and oxygen atoms in total. The fraction of sp³-hybridized carbons (Fsp3) is 0.412. The van der Waals surface area contributed by atoms with Gasteiger partial charge in [0.15, 0.2) is 0 Å². The summed E-state index contributed by atoms with van der Waals surface area (Å²) in [6, 6.07) is 5.84. The Hall–Kier alpha value is -2.34. The van der Waals surface area contributed by atoms with Crippen molar-refractivity contribution in [2.24, 2.45) is 0 Å². The van der Waals surface area contributed by atoms with Crippen LogP contribution in [0.4, 0.5) is 0 Å². The third-order valence-corrected chi connectivity index (χ3v) is 4.08. The lowest BCUT2D eigenvalue weighted by Gasteiger charge is -2.27. The molecule has 1 aromatic heterocycles. The molecule has 23 heavy (non-hydrogen) atoms. The zero-order valence-electron chi connectivity index (χ0n) is 13.7. The van der Waals surface area contributed by atoms with Gasteiger partial charge in [0.25, 0.3) is 5.56 Å². The van der Waals surface area contributed by atoms with Crippen molar-refractivity contribution in [2.45, 2.75) is 26.4 Å². The Bertz CT molecular complexity index is 748. The Labute approximate surface area is 135 Å². The Morgan fingerprint density at radius 3 is 2.57 bits per heavy atom. The number of nitrogens with one attached hydrogen (secondary N) is 1. The van der Waals surface area contributed by atoms with Crippen LogP contribution in [0.5, 0.6) is 11.5 Å². The fourth-order valence-corrected chi connectivity index (χ4v) is 2.96. The maximum Gasteiger partial charge on any atom is 0.255 e. The van der Waals surface area contributed by atoms with Gasteiger partial charge in [-0.2, -0.15) is 0 Å². The highest BCUT2D eigenvalue weighted by molar-refractivity contribution is 5.38. The molecule has 1 aromatic carbocycles. The van der Waals surface area contributed by atoms with Crippen LogP contribution in [-0.2, 0) is 19.5 Å². The van der Waals surface area contributed by atoms with Crippen LogP contribution in [0, 0.1) is 6.92 Å². The highest BCUT2D eigenvalue weighted by Gasteiger charge is 2.21. The van der Waals surface area contributed by atoms with Crippen molar-refractivity contribution in [1.29, 1.82) is 0 Å². The zero-order chi connectivity index (χ0) is 16.4. The van der Waals surface area contributed by atoms with Gasteiger partial charge < -0.3 is 14.5 Å². The standard InChI is InChI=1S/C17H21N3O3/c1-11-18-16-4-5-20(10-15(16)17(21)19-11)9-12-6-13(22-2)8-14(7-12)23-3/h6-8H,4-5,9-10H2,1-3H3,(H,18,19,21). The molecule has 1 N–H and O–H groups in total. The quantitative estimate of drug-likeness (QED) is 0.929. The van der Waals surface area contributed by atoms with E-state index in [1.807, 2.05) is 25.1 Å². The molecule has 0 spiro atoms. The van der Waals surface area contributed by atoms with Crippen LogP contribution < -0.4 is 15.0 Å². The second kappa shape index (κ2) is 6.42. The van der Waals surface area contributed by atoms with Gasteiger partial charge in [0, 0.05) is 32.1 Å². The highest BCUT2D eigenvalue weighted by Crippen LogP contribution is 2.24. The van der Waals surface area contributed by atoms with Gasteiger partial charge in [0.2, 0.25) is 0 Å². The first-order valence-corrected chi connectivity index (χ1v) is 7.62. The molecular formula is C17H21N3O3. The van der Waals surface area contributed by atoms with Crippen LogP contribution in [0.1, 0.15) is 22.6 Å². The van der Waals surface area contributed by atoms with Crippen molar-refractivity contribution >= 4 is 0 Å².